The zero-order valence-electron chi connectivity index (χ0n) is 11.4. The predicted octanol–water partition coefficient (Wildman–Crippen LogP) is 4.87. The van der Waals surface area contributed by atoms with Crippen molar-refractivity contribution in [1.29, 1.82) is 0 Å². The lowest BCUT2D eigenvalue weighted by molar-refractivity contribution is 0.411. The maximum atomic E-state index is 2.28. The third-order valence-corrected chi connectivity index (χ3v) is 4.15. The van der Waals surface area contributed by atoms with Gasteiger partial charge in [0.25, 0.3) is 0 Å². The Balaban J connectivity index is 2.84. The van der Waals surface area contributed by atoms with E-state index in [0.717, 1.165) is 6.42 Å². The Labute approximate surface area is 105 Å². The Morgan fingerprint density at radius 3 is 1.81 bits per heavy atom. The van der Waals surface area contributed by atoms with Gasteiger partial charge in [-0.05, 0) is 43.1 Å². The molecule has 0 aromatic heterocycles. The molecule has 0 saturated carbocycles. The molecule has 0 bridgehead atoms. The van der Waals surface area contributed by atoms with Crippen molar-refractivity contribution < 1.29 is 0 Å². The summed E-state index contributed by atoms with van der Waals surface area (Å²) in [5, 5.41) is 0. The molecule has 1 aromatic rings. The van der Waals surface area contributed by atoms with E-state index in [2.05, 4.69) is 65.1 Å². The van der Waals surface area contributed by atoms with Gasteiger partial charge in [0.15, 0.2) is 0 Å². The Hall–Kier alpha value is -0.430. The van der Waals surface area contributed by atoms with E-state index in [-0.39, 0.29) is 4.75 Å². The van der Waals surface area contributed by atoms with E-state index in [0.29, 0.717) is 5.41 Å². The molecule has 0 unspecified atom stereocenters. The summed E-state index contributed by atoms with van der Waals surface area (Å²) in [6.07, 6.45) is 3.32. The zero-order chi connectivity index (χ0) is 12.4. The molecule has 90 valence electrons. The number of hydrogen-bond donors (Lipinski definition) is 0. The van der Waals surface area contributed by atoms with Gasteiger partial charge in [-0.1, -0.05) is 45.0 Å². The topological polar surface area (TPSA) is 0 Å². The average Bonchev–Trinajstić information content (AvgIpc) is 2.16. The van der Waals surface area contributed by atoms with E-state index in [1.165, 1.54) is 11.1 Å². The Morgan fingerprint density at radius 1 is 0.938 bits per heavy atom. The van der Waals surface area contributed by atoms with Crippen molar-refractivity contribution in [1.82, 2.24) is 0 Å². The molecule has 0 fully saturated rings. The molecule has 0 amide bonds. The van der Waals surface area contributed by atoms with Crippen LogP contribution in [0.1, 0.15) is 45.7 Å². The second-order valence-electron chi connectivity index (χ2n) is 6.15. The number of rotatable bonds is 3. The molecule has 0 heterocycles. The highest BCUT2D eigenvalue weighted by atomic mass is 32.2. The van der Waals surface area contributed by atoms with Crippen LogP contribution in [0.2, 0.25) is 0 Å². The zero-order valence-corrected chi connectivity index (χ0v) is 12.2. The van der Waals surface area contributed by atoms with Gasteiger partial charge in [0, 0.05) is 4.75 Å². The van der Waals surface area contributed by atoms with Crippen molar-refractivity contribution in [2.75, 3.05) is 6.26 Å². The van der Waals surface area contributed by atoms with Crippen molar-refractivity contribution in [3.8, 4) is 0 Å². The lowest BCUT2D eigenvalue weighted by Crippen LogP contribution is -2.12. The first kappa shape index (κ1) is 13.6. The summed E-state index contributed by atoms with van der Waals surface area (Å²) >= 11 is 1.90. The molecule has 1 aromatic carbocycles. The van der Waals surface area contributed by atoms with Gasteiger partial charge in [-0.25, -0.2) is 0 Å². The van der Waals surface area contributed by atoms with E-state index < -0.39 is 0 Å². The van der Waals surface area contributed by atoms with E-state index >= 15 is 0 Å². The number of benzene rings is 1. The van der Waals surface area contributed by atoms with Gasteiger partial charge in [-0.3, -0.25) is 0 Å². The molecule has 0 aliphatic carbocycles. The molecular weight excluding hydrogens is 212 g/mol. The third-order valence-electron chi connectivity index (χ3n) is 2.89. The monoisotopic (exact) mass is 236 g/mol. The van der Waals surface area contributed by atoms with Crippen LogP contribution in [0, 0.1) is 5.41 Å². The molecule has 0 nitrogen and oxygen atoms in total. The Kier molecular flexibility index (Phi) is 4.12. The highest BCUT2D eigenvalue weighted by molar-refractivity contribution is 7.99. The van der Waals surface area contributed by atoms with Gasteiger partial charge in [0.2, 0.25) is 0 Å². The van der Waals surface area contributed by atoms with Crippen LogP contribution in [-0.4, -0.2) is 6.26 Å². The fourth-order valence-electron chi connectivity index (χ4n) is 1.75. The first-order valence-corrected chi connectivity index (χ1v) is 7.12. The average molecular weight is 236 g/mol. The van der Waals surface area contributed by atoms with Crippen molar-refractivity contribution in [3.63, 3.8) is 0 Å². The molecule has 1 rings (SSSR count). The maximum absolute atomic E-state index is 2.28. The van der Waals surface area contributed by atoms with E-state index in [9.17, 15) is 0 Å². The highest BCUT2D eigenvalue weighted by Crippen LogP contribution is 2.33. The minimum atomic E-state index is 0.222. The quantitative estimate of drug-likeness (QED) is 0.721. The van der Waals surface area contributed by atoms with Crippen LogP contribution in [0.3, 0.4) is 0 Å². The predicted molar refractivity (Wildman–Crippen MR) is 76.1 cm³/mol. The van der Waals surface area contributed by atoms with Crippen LogP contribution in [0.4, 0.5) is 0 Å². The van der Waals surface area contributed by atoms with Crippen LogP contribution in [0.25, 0.3) is 0 Å². The molecule has 0 N–H and O–H groups in total. The molecule has 16 heavy (non-hydrogen) atoms. The smallest absolute Gasteiger partial charge is 0.0349 e. The van der Waals surface area contributed by atoms with Crippen LogP contribution >= 0.6 is 11.8 Å². The molecule has 0 spiro atoms. The molecule has 0 aliphatic heterocycles. The number of thioether (sulfide) groups is 1. The van der Waals surface area contributed by atoms with Crippen molar-refractivity contribution >= 4 is 11.8 Å². The molecule has 1 heteroatoms. The van der Waals surface area contributed by atoms with E-state index in [4.69, 9.17) is 0 Å². The van der Waals surface area contributed by atoms with E-state index in [1.807, 2.05) is 11.8 Å². The molecule has 0 saturated heterocycles. The molecule has 0 aliphatic rings. The first-order valence-electron chi connectivity index (χ1n) is 5.89. The van der Waals surface area contributed by atoms with Gasteiger partial charge in [-0.15, -0.1) is 0 Å². The second-order valence-corrected chi connectivity index (χ2v) is 7.58. The standard InChI is InChI=1S/C15H24S/c1-14(2,3)11-12-7-9-13(10-8-12)15(4,5)16-6/h7-10H,11H2,1-6H3. The fourth-order valence-corrected chi connectivity index (χ4v) is 2.13. The van der Waals surface area contributed by atoms with Gasteiger partial charge in [-0.2, -0.15) is 11.8 Å². The fraction of sp³-hybridized carbons (Fsp3) is 0.600. The van der Waals surface area contributed by atoms with E-state index in [1.54, 1.807) is 0 Å². The third kappa shape index (κ3) is 3.86. The summed E-state index contributed by atoms with van der Waals surface area (Å²) in [7, 11) is 0. The van der Waals surface area contributed by atoms with Gasteiger partial charge < -0.3 is 0 Å². The van der Waals surface area contributed by atoms with Crippen LogP contribution in [-0.2, 0) is 11.2 Å². The summed E-state index contributed by atoms with van der Waals surface area (Å²) in [6, 6.07) is 9.10. The molecule has 0 atom stereocenters. The second kappa shape index (κ2) is 4.83. The lowest BCUT2D eigenvalue weighted by atomic mass is 9.87. The van der Waals surface area contributed by atoms with Crippen molar-refractivity contribution in [2.45, 2.75) is 45.8 Å². The highest BCUT2D eigenvalue weighted by Gasteiger charge is 2.19. The van der Waals surface area contributed by atoms with Crippen molar-refractivity contribution in [3.05, 3.63) is 35.4 Å². The van der Waals surface area contributed by atoms with Crippen LogP contribution < -0.4 is 0 Å². The molecule has 0 radical (unpaired) electrons. The van der Waals surface area contributed by atoms with Gasteiger partial charge in [0.05, 0.1) is 0 Å². The summed E-state index contributed by atoms with van der Waals surface area (Å²) in [5.41, 5.74) is 3.22. The summed E-state index contributed by atoms with van der Waals surface area (Å²) < 4.78 is 0.222. The lowest BCUT2D eigenvalue weighted by Gasteiger charge is -2.23. The SMILES string of the molecule is CSC(C)(C)c1ccc(CC(C)(C)C)cc1. The summed E-state index contributed by atoms with van der Waals surface area (Å²) in [6.45, 7) is 11.4. The normalized spacial score (nSPS) is 12.9. The summed E-state index contributed by atoms with van der Waals surface area (Å²) in [4.78, 5) is 0. The largest absolute Gasteiger partial charge is 0.154 e. The van der Waals surface area contributed by atoms with Crippen LogP contribution in [0.5, 0.6) is 0 Å². The summed E-state index contributed by atoms with van der Waals surface area (Å²) in [5.74, 6) is 0. The number of hydrogen-bond acceptors (Lipinski definition) is 1. The van der Waals surface area contributed by atoms with Crippen LogP contribution in [0.15, 0.2) is 24.3 Å². The minimum absolute atomic E-state index is 0.222. The van der Waals surface area contributed by atoms with Crippen molar-refractivity contribution in [2.24, 2.45) is 5.41 Å². The minimum Gasteiger partial charge on any atom is -0.154 e. The molecular formula is C15H24S. The van der Waals surface area contributed by atoms with Gasteiger partial charge >= 0.3 is 0 Å². The van der Waals surface area contributed by atoms with Gasteiger partial charge in [0.1, 0.15) is 0 Å². The Morgan fingerprint density at radius 2 is 1.44 bits per heavy atom. The first-order chi connectivity index (χ1) is 7.24. The maximum Gasteiger partial charge on any atom is 0.0349 e. The Bertz CT molecular complexity index is 327.